The van der Waals surface area contributed by atoms with Gasteiger partial charge < -0.3 is 10.1 Å². The molecule has 2 aromatic rings. The van der Waals surface area contributed by atoms with E-state index in [0.29, 0.717) is 0 Å². The van der Waals surface area contributed by atoms with Gasteiger partial charge in [0.2, 0.25) is 5.91 Å². The maximum absolute atomic E-state index is 12.7. The fraction of sp³-hybridized carbons (Fsp3) is 0.222. The van der Waals surface area contributed by atoms with E-state index in [9.17, 15) is 9.59 Å². The van der Waals surface area contributed by atoms with Crippen LogP contribution in [0.4, 0.5) is 0 Å². The van der Waals surface area contributed by atoms with Crippen LogP contribution in [0.3, 0.4) is 0 Å². The Morgan fingerprint density at radius 1 is 1.00 bits per heavy atom. The van der Waals surface area contributed by atoms with Gasteiger partial charge in [0.05, 0.1) is 13.0 Å². The number of esters is 1. The van der Waals surface area contributed by atoms with Gasteiger partial charge in [0.15, 0.2) is 0 Å². The summed E-state index contributed by atoms with van der Waals surface area (Å²) in [4.78, 5) is 24.2. The number of methoxy groups -OCH3 is 1. The van der Waals surface area contributed by atoms with Crippen LogP contribution >= 0.6 is 0 Å². The molecule has 22 heavy (non-hydrogen) atoms. The third kappa shape index (κ3) is 2.26. The van der Waals surface area contributed by atoms with E-state index < -0.39 is 12.0 Å². The minimum Gasteiger partial charge on any atom is -0.467 e. The Kier molecular flexibility index (Phi) is 3.67. The van der Waals surface area contributed by atoms with Gasteiger partial charge in [0.1, 0.15) is 6.04 Å². The average Bonchev–Trinajstić information content (AvgIpc) is 2.88. The lowest BCUT2D eigenvalue weighted by Crippen LogP contribution is -2.41. The monoisotopic (exact) mass is 295 g/mol. The Balaban J connectivity index is 1.97. The van der Waals surface area contributed by atoms with E-state index in [1.807, 2.05) is 48.5 Å². The number of nitrogens with one attached hydrogen (secondary N) is 1. The number of rotatable bonds is 3. The summed E-state index contributed by atoms with van der Waals surface area (Å²) in [7, 11) is 1.31. The molecule has 0 aliphatic heterocycles. The van der Waals surface area contributed by atoms with Gasteiger partial charge in [-0.15, -0.1) is 0 Å². The summed E-state index contributed by atoms with van der Waals surface area (Å²) in [6.07, 6.45) is 0. The first-order chi connectivity index (χ1) is 10.6. The van der Waals surface area contributed by atoms with Crippen LogP contribution in [0, 0.1) is 0 Å². The summed E-state index contributed by atoms with van der Waals surface area (Å²) in [5.74, 6) is -1.03. The number of carbonyl (C=O) groups is 2. The summed E-state index contributed by atoms with van der Waals surface area (Å²) in [5.41, 5.74) is 4.09. The highest BCUT2D eigenvalue weighted by molar-refractivity contribution is 5.97. The highest BCUT2D eigenvalue weighted by Crippen LogP contribution is 2.44. The topological polar surface area (TPSA) is 55.4 Å². The Hall–Kier alpha value is -2.62. The lowest BCUT2D eigenvalue weighted by atomic mass is 9.96. The lowest BCUT2D eigenvalue weighted by Gasteiger charge is -2.17. The highest BCUT2D eigenvalue weighted by Gasteiger charge is 2.34. The van der Waals surface area contributed by atoms with E-state index in [1.54, 1.807) is 6.92 Å². The van der Waals surface area contributed by atoms with Crippen LogP contribution < -0.4 is 5.32 Å². The average molecular weight is 295 g/mol. The molecular weight excluding hydrogens is 278 g/mol. The van der Waals surface area contributed by atoms with Crippen molar-refractivity contribution in [2.45, 2.75) is 18.9 Å². The van der Waals surface area contributed by atoms with Crippen molar-refractivity contribution in [3.05, 3.63) is 59.7 Å². The molecule has 3 rings (SSSR count). The minimum absolute atomic E-state index is 0.185. The fourth-order valence-corrected chi connectivity index (χ4v) is 2.97. The Bertz CT molecular complexity index is 693. The van der Waals surface area contributed by atoms with Crippen LogP contribution in [0.5, 0.6) is 0 Å². The number of amides is 1. The molecule has 0 heterocycles. The smallest absolute Gasteiger partial charge is 0.328 e. The molecule has 2 aromatic carbocycles. The molecular formula is C18H17NO3. The lowest BCUT2D eigenvalue weighted by molar-refractivity contribution is -0.144. The van der Waals surface area contributed by atoms with Gasteiger partial charge in [-0.3, -0.25) is 4.79 Å². The molecule has 4 heteroatoms. The predicted octanol–water partition coefficient (Wildman–Crippen LogP) is 2.48. The van der Waals surface area contributed by atoms with Crippen LogP contribution in [0.15, 0.2) is 48.5 Å². The van der Waals surface area contributed by atoms with Crippen LogP contribution in [0.25, 0.3) is 11.1 Å². The number of hydrogen-bond donors (Lipinski definition) is 1. The van der Waals surface area contributed by atoms with Gasteiger partial charge in [-0.05, 0) is 29.2 Å². The third-order valence-electron chi connectivity index (χ3n) is 4.01. The maximum Gasteiger partial charge on any atom is 0.328 e. The first-order valence-corrected chi connectivity index (χ1v) is 7.20. The van der Waals surface area contributed by atoms with Crippen LogP contribution in [-0.2, 0) is 14.3 Å². The molecule has 0 radical (unpaired) electrons. The van der Waals surface area contributed by atoms with Crippen molar-refractivity contribution in [3.63, 3.8) is 0 Å². The Labute approximate surface area is 129 Å². The number of ether oxygens (including phenoxy) is 1. The van der Waals surface area contributed by atoms with Crippen molar-refractivity contribution < 1.29 is 14.3 Å². The molecule has 4 nitrogen and oxygen atoms in total. The Morgan fingerprint density at radius 3 is 2.00 bits per heavy atom. The first-order valence-electron chi connectivity index (χ1n) is 7.20. The predicted molar refractivity (Wildman–Crippen MR) is 83.3 cm³/mol. The minimum atomic E-state index is -0.669. The molecule has 1 aliphatic rings. The second-order valence-corrected chi connectivity index (χ2v) is 5.36. The SMILES string of the molecule is COC(=O)[C@H](C)NC(=O)C1c2ccccc2-c2ccccc21. The van der Waals surface area contributed by atoms with Gasteiger partial charge in [-0.2, -0.15) is 0 Å². The zero-order chi connectivity index (χ0) is 15.7. The molecule has 1 aliphatic carbocycles. The van der Waals surface area contributed by atoms with E-state index >= 15 is 0 Å². The van der Waals surface area contributed by atoms with Crippen LogP contribution in [0.2, 0.25) is 0 Å². The quantitative estimate of drug-likeness (QED) is 0.885. The summed E-state index contributed by atoms with van der Waals surface area (Å²) in [6.45, 7) is 1.62. The van der Waals surface area contributed by atoms with Crippen molar-refractivity contribution in [2.75, 3.05) is 7.11 Å². The summed E-state index contributed by atoms with van der Waals surface area (Å²) >= 11 is 0. The summed E-state index contributed by atoms with van der Waals surface area (Å²) in [5, 5.41) is 2.74. The normalized spacial score (nSPS) is 13.9. The second kappa shape index (κ2) is 5.64. The summed E-state index contributed by atoms with van der Waals surface area (Å²) in [6, 6.07) is 15.1. The van der Waals surface area contributed by atoms with Gasteiger partial charge in [0.25, 0.3) is 0 Å². The van der Waals surface area contributed by atoms with Crippen LogP contribution in [-0.4, -0.2) is 25.0 Å². The number of fused-ring (bicyclic) bond motifs is 3. The highest BCUT2D eigenvalue weighted by atomic mass is 16.5. The zero-order valence-corrected chi connectivity index (χ0v) is 12.5. The molecule has 0 unspecified atom stereocenters. The van der Waals surface area contributed by atoms with Crippen molar-refractivity contribution in [1.29, 1.82) is 0 Å². The van der Waals surface area contributed by atoms with E-state index in [0.717, 1.165) is 22.3 Å². The third-order valence-corrected chi connectivity index (χ3v) is 4.01. The molecule has 1 N–H and O–H groups in total. The molecule has 0 fully saturated rings. The van der Waals surface area contributed by atoms with Crippen LogP contribution in [0.1, 0.15) is 24.0 Å². The van der Waals surface area contributed by atoms with Gasteiger partial charge in [-0.1, -0.05) is 48.5 Å². The van der Waals surface area contributed by atoms with Crippen molar-refractivity contribution >= 4 is 11.9 Å². The Morgan fingerprint density at radius 2 is 1.50 bits per heavy atom. The van der Waals surface area contributed by atoms with Crippen molar-refractivity contribution in [1.82, 2.24) is 5.32 Å². The second-order valence-electron chi connectivity index (χ2n) is 5.36. The fourth-order valence-electron chi connectivity index (χ4n) is 2.97. The maximum atomic E-state index is 12.7. The molecule has 0 aromatic heterocycles. The zero-order valence-electron chi connectivity index (χ0n) is 12.5. The van der Waals surface area contributed by atoms with E-state index in [-0.39, 0.29) is 11.8 Å². The molecule has 1 atom stereocenters. The molecule has 112 valence electrons. The van der Waals surface area contributed by atoms with Gasteiger partial charge in [-0.25, -0.2) is 4.79 Å². The molecule has 0 saturated carbocycles. The first kappa shape index (κ1) is 14.3. The molecule has 0 saturated heterocycles. The number of benzene rings is 2. The van der Waals surface area contributed by atoms with Gasteiger partial charge in [0, 0.05) is 0 Å². The number of carbonyl (C=O) groups excluding carboxylic acids is 2. The molecule has 0 bridgehead atoms. The van der Waals surface area contributed by atoms with E-state index in [4.69, 9.17) is 0 Å². The summed E-state index contributed by atoms with van der Waals surface area (Å²) < 4.78 is 4.66. The molecule has 0 spiro atoms. The van der Waals surface area contributed by atoms with Gasteiger partial charge >= 0.3 is 5.97 Å². The standard InChI is InChI=1S/C18H17NO3/c1-11(18(21)22-2)19-17(20)16-14-9-5-3-7-12(14)13-8-4-6-10-15(13)16/h3-11,16H,1-2H3,(H,19,20)/t11-/m0/s1. The van der Waals surface area contributed by atoms with E-state index in [2.05, 4.69) is 10.1 Å². The number of hydrogen-bond acceptors (Lipinski definition) is 3. The van der Waals surface area contributed by atoms with E-state index in [1.165, 1.54) is 7.11 Å². The van der Waals surface area contributed by atoms with Crippen molar-refractivity contribution in [2.24, 2.45) is 0 Å². The molecule has 1 amide bonds. The van der Waals surface area contributed by atoms with Crippen molar-refractivity contribution in [3.8, 4) is 11.1 Å². The largest absolute Gasteiger partial charge is 0.467 e.